The first-order valence-corrected chi connectivity index (χ1v) is 6.41. The molecule has 6 heteroatoms. The molecule has 0 bridgehead atoms. The summed E-state index contributed by atoms with van der Waals surface area (Å²) >= 11 is 0. The molecule has 0 heterocycles. The lowest BCUT2D eigenvalue weighted by Gasteiger charge is -2.27. The van der Waals surface area contributed by atoms with E-state index in [1.54, 1.807) is 13.8 Å². The van der Waals surface area contributed by atoms with Crippen molar-refractivity contribution >= 4 is 11.6 Å². The van der Waals surface area contributed by atoms with E-state index in [0.717, 1.165) is 0 Å². The van der Waals surface area contributed by atoms with Gasteiger partial charge in [-0.1, -0.05) is 19.9 Å². The molecule has 0 spiro atoms. The van der Waals surface area contributed by atoms with Gasteiger partial charge < -0.3 is 10.4 Å². The molecule has 1 rings (SSSR count). The molecule has 0 radical (unpaired) electrons. The van der Waals surface area contributed by atoms with Crippen molar-refractivity contribution in [2.24, 2.45) is 5.92 Å². The molecule has 0 aliphatic carbocycles. The van der Waals surface area contributed by atoms with E-state index in [4.69, 9.17) is 0 Å². The van der Waals surface area contributed by atoms with Crippen molar-refractivity contribution in [3.05, 3.63) is 39.4 Å². The van der Waals surface area contributed by atoms with E-state index in [1.807, 2.05) is 13.8 Å². The fraction of sp³-hybridized carbons (Fsp3) is 0.500. The number of amides is 1. The van der Waals surface area contributed by atoms with Crippen molar-refractivity contribution in [2.75, 3.05) is 6.54 Å². The first-order valence-electron chi connectivity index (χ1n) is 6.41. The molecule has 2 N–H and O–H groups in total. The maximum absolute atomic E-state index is 12.0. The first-order chi connectivity index (χ1) is 9.15. The second-order valence-corrected chi connectivity index (χ2v) is 5.45. The van der Waals surface area contributed by atoms with Crippen LogP contribution in [0.15, 0.2) is 18.2 Å². The molecular formula is C14H20N2O4. The summed E-state index contributed by atoms with van der Waals surface area (Å²) in [6, 6.07) is 4.31. The van der Waals surface area contributed by atoms with Crippen molar-refractivity contribution in [2.45, 2.75) is 33.3 Å². The molecule has 0 fully saturated rings. The standard InChI is InChI=1S/C14H20N2O4/c1-9(2)14(4,18)8-15-13(17)11-6-5-10(3)12(7-11)16(19)20/h5-7,9,18H,8H2,1-4H3,(H,15,17). The van der Waals surface area contributed by atoms with Crippen LogP contribution in [0.4, 0.5) is 5.69 Å². The molecule has 6 nitrogen and oxygen atoms in total. The highest BCUT2D eigenvalue weighted by Crippen LogP contribution is 2.19. The normalized spacial score (nSPS) is 13.9. The third-order valence-corrected chi connectivity index (χ3v) is 3.52. The van der Waals surface area contributed by atoms with Gasteiger partial charge in [-0.2, -0.15) is 0 Å². The first kappa shape index (κ1) is 16.1. The van der Waals surface area contributed by atoms with Crippen molar-refractivity contribution in [1.29, 1.82) is 0 Å². The van der Waals surface area contributed by atoms with Gasteiger partial charge in [-0.05, 0) is 25.8 Å². The predicted octanol–water partition coefficient (Wildman–Crippen LogP) is 2.04. The van der Waals surface area contributed by atoms with Crippen LogP contribution in [0.25, 0.3) is 0 Å². The Kier molecular flexibility index (Phi) is 4.83. The topological polar surface area (TPSA) is 92.5 Å². The van der Waals surface area contributed by atoms with Gasteiger partial charge >= 0.3 is 0 Å². The van der Waals surface area contributed by atoms with Crippen LogP contribution in [-0.4, -0.2) is 28.1 Å². The average molecular weight is 280 g/mol. The molecule has 0 aliphatic rings. The zero-order valence-corrected chi connectivity index (χ0v) is 12.1. The SMILES string of the molecule is Cc1ccc(C(=O)NCC(C)(O)C(C)C)cc1[N+](=O)[O-]. The number of carbonyl (C=O) groups excluding carboxylic acids is 1. The van der Waals surface area contributed by atoms with Crippen LogP contribution in [-0.2, 0) is 0 Å². The van der Waals surface area contributed by atoms with Crippen LogP contribution in [0.3, 0.4) is 0 Å². The Hall–Kier alpha value is -1.95. The van der Waals surface area contributed by atoms with Crippen molar-refractivity contribution in [3.63, 3.8) is 0 Å². The smallest absolute Gasteiger partial charge is 0.273 e. The summed E-state index contributed by atoms with van der Waals surface area (Å²) in [7, 11) is 0. The summed E-state index contributed by atoms with van der Waals surface area (Å²) in [6.45, 7) is 7.04. The molecular weight excluding hydrogens is 260 g/mol. The number of nitro groups is 1. The number of rotatable bonds is 5. The minimum atomic E-state index is -1.02. The van der Waals surface area contributed by atoms with Gasteiger partial charge in [0.25, 0.3) is 11.6 Å². The summed E-state index contributed by atoms with van der Waals surface area (Å²) in [5.74, 6) is -0.454. The largest absolute Gasteiger partial charge is 0.388 e. The van der Waals surface area contributed by atoms with Crippen LogP contribution < -0.4 is 5.32 Å². The van der Waals surface area contributed by atoms with E-state index in [0.29, 0.717) is 5.56 Å². The number of hydrogen-bond donors (Lipinski definition) is 2. The summed E-state index contributed by atoms with van der Waals surface area (Å²) < 4.78 is 0. The zero-order valence-electron chi connectivity index (χ0n) is 12.1. The fourth-order valence-electron chi connectivity index (χ4n) is 1.51. The molecule has 0 aromatic heterocycles. The molecule has 1 amide bonds. The Morgan fingerprint density at radius 3 is 2.60 bits per heavy atom. The molecule has 110 valence electrons. The highest BCUT2D eigenvalue weighted by atomic mass is 16.6. The molecule has 0 saturated heterocycles. The summed E-state index contributed by atoms with van der Waals surface area (Å²) in [6.07, 6.45) is 0. The van der Waals surface area contributed by atoms with Crippen LogP contribution >= 0.6 is 0 Å². The lowest BCUT2D eigenvalue weighted by atomic mass is 9.92. The number of nitro benzene ring substituents is 1. The van der Waals surface area contributed by atoms with Crippen molar-refractivity contribution < 1.29 is 14.8 Å². The molecule has 0 saturated carbocycles. The third kappa shape index (κ3) is 3.77. The monoisotopic (exact) mass is 280 g/mol. The summed E-state index contributed by atoms with van der Waals surface area (Å²) in [5, 5.41) is 23.5. The van der Waals surface area contributed by atoms with E-state index < -0.39 is 16.4 Å². The van der Waals surface area contributed by atoms with Gasteiger partial charge in [0.15, 0.2) is 0 Å². The highest BCUT2D eigenvalue weighted by molar-refractivity contribution is 5.95. The van der Waals surface area contributed by atoms with E-state index in [2.05, 4.69) is 5.32 Å². The number of aliphatic hydroxyl groups is 1. The summed E-state index contributed by atoms with van der Waals surface area (Å²) in [4.78, 5) is 22.3. The minimum absolute atomic E-state index is 0.0184. The second-order valence-electron chi connectivity index (χ2n) is 5.45. The van der Waals surface area contributed by atoms with Gasteiger partial charge in [-0.15, -0.1) is 0 Å². The van der Waals surface area contributed by atoms with Crippen LogP contribution in [0, 0.1) is 23.0 Å². The van der Waals surface area contributed by atoms with Crippen molar-refractivity contribution in [3.8, 4) is 0 Å². The average Bonchev–Trinajstić information content (AvgIpc) is 2.36. The second kappa shape index (κ2) is 6.00. The number of nitrogens with zero attached hydrogens (tertiary/aromatic N) is 1. The quantitative estimate of drug-likeness (QED) is 0.637. The van der Waals surface area contributed by atoms with Crippen LogP contribution in [0.5, 0.6) is 0 Å². The van der Waals surface area contributed by atoms with E-state index in [9.17, 15) is 20.0 Å². The Morgan fingerprint density at radius 1 is 1.50 bits per heavy atom. The van der Waals surface area contributed by atoms with Crippen LogP contribution in [0.2, 0.25) is 0 Å². The molecule has 1 aromatic carbocycles. The fourth-order valence-corrected chi connectivity index (χ4v) is 1.51. The molecule has 20 heavy (non-hydrogen) atoms. The Labute approximate surface area is 118 Å². The Bertz CT molecular complexity index is 524. The number of benzene rings is 1. The number of aryl methyl sites for hydroxylation is 1. The lowest BCUT2D eigenvalue weighted by Crippen LogP contribution is -2.44. The highest BCUT2D eigenvalue weighted by Gasteiger charge is 2.25. The van der Waals surface area contributed by atoms with Crippen LogP contribution in [0.1, 0.15) is 36.7 Å². The number of nitrogens with one attached hydrogen (secondary N) is 1. The number of carbonyl (C=O) groups is 1. The predicted molar refractivity (Wildman–Crippen MR) is 75.6 cm³/mol. The molecule has 1 aromatic rings. The third-order valence-electron chi connectivity index (χ3n) is 3.52. The van der Waals surface area contributed by atoms with E-state index in [-0.39, 0.29) is 23.7 Å². The lowest BCUT2D eigenvalue weighted by molar-refractivity contribution is -0.385. The minimum Gasteiger partial charge on any atom is -0.388 e. The van der Waals surface area contributed by atoms with Gasteiger partial charge in [0, 0.05) is 23.7 Å². The maximum Gasteiger partial charge on any atom is 0.273 e. The van der Waals surface area contributed by atoms with Gasteiger partial charge in [0.05, 0.1) is 10.5 Å². The molecule has 1 atom stereocenters. The number of hydrogen-bond acceptors (Lipinski definition) is 4. The summed E-state index contributed by atoms with van der Waals surface area (Å²) in [5.41, 5.74) is -0.400. The van der Waals surface area contributed by atoms with Gasteiger partial charge in [-0.25, -0.2) is 0 Å². The van der Waals surface area contributed by atoms with Gasteiger partial charge in [0.2, 0.25) is 0 Å². The molecule has 1 unspecified atom stereocenters. The van der Waals surface area contributed by atoms with E-state index in [1.165, 1.54) is 18.2 Å². The Morgan fingerprint density at radius 2 is 2.10 bits per heavy atom. The van der Waals surface area contributed by atoms with Gasteiger partial charge in [-0.3, -0.25) is 14.9 Å². The van der Waals surface area contributed by atoms with Crippen molar-refractivity contribution in [1.82, 2.24) is 5.32 Å². The van der Waals surface area contributed by atoms with Gasteiger partial charge in [0.1, 0.15) is 0 Å². The zero-order chi connectivity index (χ0) is 15.5. The van der Waals surface area contributed by atoms with E-state index >= 15 is 0 Å². The Balaban J connectivity index is 2.84. The maximum atomic E-state index is 12.0. The molecule has 0 aliphatic heterocycles.